The van der Waals surface area contributed by atoms with Crippen LogP contribution in [0.5, 0.6) is 11.5 Å². The number of hydrogen-bond acceptors (Lipinski definition) is 5. The topological polar surface area (TPSA) is 65.1 Å². The molecule has 1 amide bonds. The van der Waals surface area contributed by atoms with Crippen molar-refractivity contribution in [2.24, 2.45) is 0 Å². The number of para-hydroxylation sites is 1. The van der Waals surface area contributed by atoms with Crippen molar-refractivity contribution in [2.75, 3.05) is 18.3 Å². The number of carbonyl (C=O) groups is 2. The van der Waals surface area contributed by atoms with Crippen LogP contribution in [0.1, 0.15) is 22.8 Å². The van der Waals surface area contributed by atoms with E-state index in [1.807, 2.05) is 31.2 Å². The first-order valence-electron chi connectivity index (χ1n) is 8.10. The molecule has 0 saturated heterocycles. The number of hydrogen-bond donors (Lipinski definition) is 0. The summed E-state index contributed by atoms with van der Waals surface area (Å²) in [5, 5.41) is 0. The molecule has 0 unspecified atom stereocenters. The zero-order valence-electron chi connectivity index (χ0n) is 13.7. The molecular weight excluding hydrogens is 322 g/mol. The summed E-state index contributed by atoms with van der Waals surface area (Å²) >= 11 is 0. The molecule has 2 aromatic carbocycles. The molecule has 2 aromatic rings. The van der Waals surface area contributed by atoms with Crippen LogP contribution in [-0.2, 0) is 16.0 Å². The lowest BCUT2D eigenvalue weighted by molar-refractivity contribution is -0.122. The highest BCUT2D eigenvalue weighted by Gasteiger charge is 2.31. The molecule has 4 rings (SSSR count). The maximum Gasteiger partial charge on any atom is 0.338 e. The Balaban J connectivity index is 1.43. The van der Waals surface area contributed by atoms with Crippen molar-refractivity contribution >= 4 is 17.6 Å². The summed E-state index contributed by atoms with van der Waals surface area (Å²) in [7, 11) is 0. The molecule has 2 aliphatic heterocycles. The quantitative estimate of drug-likeness (QED) is 0.804. The van der Waals surface area contributed by atoms with Crippen LogP contribution in [0.4, 0.5) is 5.69 Å². The first-order chi connectivity index (χ1) is 12.1. The van der Waals surface area contributed by atoms with Gasteiger partial charge in [-0.1, -0.05) is 18.2 Å². The van der Waals surface area contributed by atoms with Crippen molar-refractivity contribution in [1.82, 2.24) is 0 Å². The van der Waals surface area contributed by atoms with Gasteiger partial charge in [0.25, 0.3) is 5.91 Å². The second-order valence-electron chi connectivity index (χ2n) is 6.09. The van der Waals surface area contributed by atoms with Gasteiger partial charge in [-0.3, -0.25) is 4.79 Å². The van der Waals surface area contributed by atoms with E-state index in [1.54, 1.807) is 23.1 Å². The van der Waals surface area contributed by atoms with E-state index in [9.17, 15) is 9.59 Å². The summed E-state index contributed by atoms with van der Waals surface area (Å²) in [6.07, 6.45) is 0.804. The van der Waals surface area contributed by atoms with Gasteiger partial charge in [0.15, 0.2) is 18.1 Å². The van der Waals surface area contributed by atoms with Crippen LogP contribution >= 0.6 is 0 Å². The fraction of sp³-hybridized carbons (Fsp3) is 0.263. The van der Waals surface area contributed by atoms with Gasteiger partial charge in [-0.25, -0.2) is 4.79 Å². The van der Waals surface area contributed by atoms with E-state index in [-0.39, 0.29) is 25.3 Å². The summed E-state index contributed by atoms with van der Waals surface area (Å²) in [6, 6.07) is 12.6. The number of amides is 1. The number of nitrogens with zero attached hydrogens (tertiary/aromatic N) is 1. The molecular formula is C19H17NO5. The Morgan fingerprint density at radius 1 is 1.16 bits per heavy atom. The number of esters is 1. The second kappa shape index (κ2) is 6.12. The molecule has 0 radical (unpaired) electrons. The van der Waals surface area contributed by atoms with E-state index in [0.717, 1.165) is 17.7 Å². The predicted octanol–water partition coefficient (Wildman–Crippen LogP) is 2.55. The number of ether oxygens (including phenoxy) is 3. The lowest BCUT2D eigenvalue weighted by Gasteiger charge is -2.22. The third kappa shape index (κ3) is 2.80. The Morgan fingerprint density at radius 2 is 1.96 bits per heavy atom. The molecule has 0 aliphatic carbocycles. The molecule has 25 heavy (non-hydrogen) atoms. The highest BCUT2D eigenvalue weighted by molar-refractivity contribution is 5.99. The van der Waals surface area contributed by atoms with Crippen molar-refractivity contribution in [3.05, 3.63) is 53.6 Å². The Kier molecular flexibility index (Phi) is 3.80. The molecule has 0 N–H and O–H groups in total. The van der Waals surface area contributed by atoms with Crippen LogP contribution < -0.4 is 14.4 Å². The van der Waals surface area contributed by atoms with Gasteiger partial charge in [0.1, 0.15) is 0 Å². The molecule has 0 saturated carbocycles. The van der Waals surface area contributed by atoms with E-state index in [1.165, 1.54) is 0 Å². The fourth-order valence-electron chi connectivity index (χ4n) is 3.25. The highest BCUT2D eigenvalue weighted by Crippen LogP contribution is 2.33. The smallest absolute Gasteiger partial charge is 0.338 e. The normalized spacial score (nSPS) is 17.3. The minimum Gasteiger partial charge on any atom is -0.454 e. The lowest BCUT2D eigenvalue weighted by Crippen LogP contribution is -2.38. The van der Waals surface area contributed by atoms with Crippen LogP contribution in [0.25, 0.3) is 0 Å². The van der Waals surface area contributed by atoms with Crippen LogP contribution in [0.15, 0.2) is 42.5 Å². The third-order valence-corrected chi connectivity index (χ3v) is 4.41. The van der Waals surface area contributed by atoms with Gasteiger partial charge in [0.05, 0.1) is 5.56 Å². The van der Waals surface area contributed by atoms with Gasteiger partial charge in [-0.2, -0.15) is 0 Å². The molecule has 6 nitrogen and oxygen atoms in total. The van der Waals surface area contributed by atoms with Crippen molar-refractivity contribution in [3.63, 3.8) is 0 Å². The Hall–Kier alpha value is -3.02. The van der Waals surface area contributed by atoms with Gasteiger partial charge >= 0.3 is 5.97 Å². The van der Waals surface area contributed by atoms with Crippen molar-refractivity contribution in [3.8, 4) is 11.5 Å². The summed E-state index contributed by atoms with van der Waals surface area (Å²) < 4.78 is 15.7. The zero-order chi connectivity index (χ0) is 17.4. The highest BCUT2D eigenvalue weighted by atomic mass is 16.7. The van der Waals surface area contributed by atoms with E-state index in [2.05, 4.69) is 0 Å². The van der Waals surface area contributed by atoms with Crippen LogP contribution in [0.2, 0.25) is 0 Å². The van der Waals surface area contributed by atoms with Crippen LogP contribution in [0.3, 0.4) is 0 Å². The SMILES string of the molecule is C[C@H]1Cc2ccccc2N1C(=O)COC(=O)c1ccc2c(c1)OCO2. The predicted molar refractivity (Wildman–Crippen MR) is 89.9 cm³/mol. The summed E-state index contributed by atoms with van der Waals surface area (Å²) in [5.41, 5.74) is 2.34. The average molecular weight is 339 g/mol. The standard InChI is InChI=1S/C19H17NO5/c1-12-8-13-4-2-3-5-15(13)20(12)18(21)10-23-19(22)14-6-7-16-17(9-14)25-11-24-16/h2-7,9,12H,8,10-11H2,1H3/t12-/m0/s1. The number of fused-ring (bicyclic) bond motifs is 2. The van der Waals surface area contributed by atoms with Gasteiger partial charge in [-0.05, 0) is 43.2 Å². The van der Waals surface area contributed by atoms with Crippen molar-refractivity contribution in [2.45, 2.75) is 19.4 Å². The molecule has 2 heterocycles. The number of carbonyl (C=O) groups excluding carboxylic acids is 2. The van der Waals surface area contributed by atoms with E-state index < -0.39 is 5.97 Å². The zero-order valence-corrected chi connectivity index (χ0v) is 13.7. The molecule has 6 heteroatoms. The summed E-state index contributed by atoms with van der Waals surface area (Å²) in [4.78, 5) is 26.4. The molecule has 2 aliphatic rings. The number of anilines is 1. The van der Waals surface area contributed by atoms with Gasteiger partial charge in [-0.15, -0.1) is 0 Å². The Labute approximate surface area is 144 Å². The average Bonchev–Trinajstić information content (AvgIpc) is 3.21. The second-order valence-corrected chi connectivity index (χ2v) is 6.09. The molecule has 0 spiro atoms. The van der Waals surface area contributed by atoms with Gasteiger partial charge in [0.2, 0.25) is 6.79 Å². The fourth-order valence-corrected chi connectivity index (χ4v) is 3.25. The van der Waals surface area contributed by atoms with E-state index >= 15 is 0 Å². The third-order valence-electron chi connectivity index (χ3n) is 4.41. The molecule has 0 bridgehead atoms. The van der Waals surface area contributed by atoms with Gasteiger partial charge in [0, 0.05) is 11.7 Å². The van der Waals surface area contributed by atoms with Crippen molar-refractivity contribution < 1.29 is 23.8 Å². The first kappa shape index (κ1) is 15.5. The number of rotatable bonds is 3. The van der Waals surface area contributed by atoms with Crippen LogP contribution in [-0.4, -0.2) is 31.3 Å². The molecule has 0 fully saturated rings. The monoisotopic (exact) mass is 339 g/mol. The van der Waals surface area contributed by atoms with E-state index in [4.69, 9.17) is 14.2 Å². The van der Waals surface area contributed by atoms with Crippen LogP contribution in [0, 0.1) is 0 Å². The first-order valence-corrected chi connectivity index (χ1v) is 8.10. The molecule has 1 atom stereocenters. The summed E-state index contributed by atoms with van der Waals surface area (Å²) in [6.45, 7) is 1.82. The van der Waals surface area contributed by atoms with E-state index in [0.29, 0.717) is 17.1 Å². The number of benzene rings is 2. The molecule has 128 valence electrons. The molecule has 0 aromatic heterocycles. The minimum atomic E-state index is -0.563. The Bertz CT molecular complexity index is 847. The van der Waals surface area contributed by atoms with Gasteiger partial charge < -0.3 is 19.1 Å². The lowest BCUT2D eigenvalue weighted by atomic mass is 10.1. The maximum absolute atomic E-state index is 12.5. The Morgan fingerprint density at radius 3 is 2.84 bits per heavy atom. The minimum absolute atomic E-state index is 0.0501. The summed E-state index contributed by atoms with van der Waals surface area (Å²) in [5.74, 6) is 0.302. The maximum atomic E-state index is 12.5. The van der Waals surface area contributed by atoms with Crippen molar-refractivity contribution in [1.29, 1.82) is 0 Å². The largest absolute Gasteiger partial charge is 0.454 e.